The Balaban J connectivity index is 2.05. The second kappa shape index (κ2) is 6.02. The van der Waals surface area contributed by atoms with Crippen molar-refractivity contribution >= 4 is 5.91 Å². The van der Waals surface area contributed by atoms with Gasteiger partial charge in [0.1, 0.15) is 0 Å². The minimum absolute atomic E-state index is 0.148. The predicted octanol–water partition coefficient (Wildman–Crippen LogP) is 1.59. The standard InChI is InChI=1S/C14H19FN2O2/c1-9(14(18)17-11-6-7-11)19-13-10(8-16-2)4-3-5-12(13)15/h3-5,9,11,16H,6-8H2,1-2H3,(H,17,18). The molecule has 0 aromatic heterocycles. The van der Waals surface area contributed by atoms with E-state index in [2.05, 4.69) is 10.6 Å². The van der Waals surface area contributed by atoms with E-state index in [1.165, 1.54) is 6.07 Å². The third-order valence-electron chi connectivity index (χ3n) is 3.00. The lowest BCUT2D eigenvalue weighted by molar-refractivity contribution is -0.127. The first-order valence-corrected chi connectivity index (χ1v) is 6.51. The summed E-state index contributed by atoms with van der Waals surface area (Å²) in [7, 11) is 1.78. The van der Waals surface area contributed by atoms with E-state index in [1.54, 1.807) is 26.1 Å². The monoisotopic (exact) mass is 266 g/mol. The zero-order valence-electron chi connectivity index (χ0n) is 11.2. The van der Waals surface area contributed by atoms with E-state index in [1.807, 2.05) is 0 Å². The molecular formula is C14H19FN2O2. The number of nitrogens with one attached hydrogen (secondary N) is 2. The summed E-state index contributed by atoms with van der Waals surface area (Å²) >= 11 is 0. The van der Waals surface area contributed by atoms with E-state index in [0.717, 1.165) is 12.8 Å². The van der Waals surface area contributed by atoms with E-state index in [-0.39, 0.29) is 17.7 Å². The molecule has 19 heavy (non-hydrogen) atoms. The van der Waals surface area contributed by atoms with Crippen LogP contribution < -0.4 is 15.4 Å². The van der Waals surface area contributed by atoms with Crippen LogP contribution in [0.5, 0.6) is 5.75 Å². The number of hydrogen-bond acceptors (Lipinski definition) is 3. The van der Waals surface area contributed by atoms with Crippen molar-refractivity contribution in [2.75, 3.05) is 7.05 Å². The molecule has 1 aliphatic carbocycles. The second-order valence-corrected chi connectivity index (χ2v) is 4.80. The zero-order chi connectivity index (χ0) is 13.8. The smallest absolute Gasteiger partial charge is 0.260 e. The summed E-state index contributed by atoms with van der Waals surface area (Å²) in [5.41, 5.74) is 0.702. The third kappa shape index (κ3) is 3.67. The molecule has 104 valence electrons. The summed E-state index contributed by atoms with van der Waals surface area (Å²) in [5, 5.41) is 5.79. The summed E-state index contributed by atoms with van der Waals surface area (Å²) in [5.74, 6) is -0.490. The largest absolute Gasteiger partial charge is 0.477 e. The number of ether oxygens (including phenoxy) is 1. The van der Waals surface area contributed by atoms with Gasteiger partial charge in [-0.1, -0.05) is 12.1 Å². The SMILES string of the molecule is CNCc1cccc(F)c1OC(C)C(=O)NC1CC1. The molecule has 2 N–H and O–H groups in total. The van der Waals surface area contributed by atoms with Gasteiger partial charge in [0.15, 0.2) is 17.7 Å². The lowest BCUT2D eigenvalue weighted by Crippen LogP contribution is -2.37. The van der Waals surface area contributed by atoms with Crippen molar-refractivity contribution in [1.29, 1.82) is 0 Å². The van der Waals surface area contributed by atoms with Crippen LogP contribution >= 0.6 is 0 Å². The van der Waals surface area contributed by atoms with Crippen molar-refractivity contribution in [2.45, 2.75) is 38.5 Å². The Bertz CT molecular complexity index is 461. The molecule has 2 rings (SSSR count). The summed E-state index contributed by atoms with van der Waals surface area (Å²) < 4.78 is 19.3. The van der Waals surface area contributed by atoms with Crippen molar-refractivity contribution in [3.05, 3.63) is 29.6 Å². The number of carbonyl (C=O) groups is 1. The maximum Gasteiger partial charge on any atom is 0.260 e. The highest BCUT2D eigenvalue weighted by Gasteiger charge is 2.27. The van der Waals surface area contributed by atoms with Gasteiger partial charge in [0, 0.05) is 18.2 Å². The Kier molecular flexibility index (Phi) is 4.37. The lowest BCUT2D eigenvalue weighted by Gasteiger charge is -2.17. The number of carbonyl (C=O) groups excluding carboxylic acids is 1. The van der Waals surface area contributed by atoms with Crippen LogP contribution in [-0.4, -0.2) is 25.1 Å². The quantitative estimate of drug-likeness (QED) is 0.822. The van der Waals surface area contributed by atoms with E-state index in [0.29, 0.717) is 12.1 Å². The van der Waals surface area contributed by atoms with Gasteiger partial charge in [-0.3, -0.25) is 4.79 Å². The second-order valence-electron chi connectivity index (χ2n) is 4.80. The van der Waals surface area contributed by atoms with Gasteiger partial charge < -0.3 is 15.4 Å². The van der Waals surface area contributed by atoms with E-state index >= 15 is 0 Å². The van der Waals surface area contributed by atoms with Crippen LogP contribution in [-0.2, 0) is 11.3 Å². The Morgan fingerprint density at radius 3 is 2.89 bits per heavy atom. The minimum Gasteiger partial charge on any atom is -0.477 e. The summed E-state index contributed by atoms with van der Waals surface area (Å²) in [6, 6.07) is 5.01. The normalized spacial score (nSPS) is 15.9. The molecule has 1 amide bonds. The molecule has 0 heterocycles. The van der Waals surface area contributed by atoms with Crippen molar-refractivity contribution in [1.82, 2.24) is 10.6 Å². The Morgan fingerprint density at radius 1 is 1.53 bits per heavy atom. The van der Waals surface area contributed by atoms with E-state index in [9.17, 15) is 9.18 Å². The first kappa shape index (κ1) is 13.8. The van der Waals surface area contributed by atoms with Crippen molar-refractivity contribution in [3.63, 3.8) is 0 Å². The van der Waals surface area contributed by atoms with Crippen LogP contribution in [0, 0.1) is 5.82 Å². The van der Waals surface area contributed by atoms with Crippen molar-refractivity contribution in [3.8, 4) is 5.75 Å². The molecule has 0 spiro atoms. The molecule has 0 aliphatic heterocycles. The van der Waals surface area contributed by atoms with Gasteiger partial charge in [-0.05, 0) is 32.9 Å². The molecule has 1 fully saturated rings. The molecule has 4 nitrogen and oxygen atoms in total. The fourth-order valence-electron chi connectivity index (χ4n) is 1.79. The molecule has 0 saturated heterocycles. The number of amides is 1. The predicted molar refractivity (Wildman–Crippen MR) is 70.4 cm³/mol. The molecular weight excluding hydrogens is 247 g/mol. The average molecular weight is 266 g/mol. The van der Waals surface area contributed by atoms with Gasteiger partial charge in [0.05, 0.1) is 0 Å². The lowest BCUT2D eigenvalue weighted by atomic mass is 10.2. The fourth-order valence-corrected chi connectivity index (χ4v) is 1.79. The van der Waals surface area contributed by atoms with E-state index in [4.69, 9.17) is 4.74 Å². The van der Waals surface area contributed by atoms with Gasteiger partial charge in [0.2, 0.25) is 0 Å². The zero-order valence-corrected chi connectivity index (χ0v) is 11.2. The number of hydrogen-bond donors (Lipinski definition) is 2. The highest BCUT2D eigenvalue weighted by atomic mass is 19.1. The van der Waals surface area contributed by atoms with Gasteiger partial charge in [-0.25, -0.2) is 4.39 Å². The maximum absolute atomic E-state index is 13.8. The highest BCUT2D eigenvalue weighted by Crippen LogP contribution is 2.24. The number of para-hydroxylation sites is 1. The third-order valence-corrected chi connectivity index (χ3v) is 3.00. The first-order chi connectivity index (χ1) is 9.11. The fraction of sp³-hybridized carbons (Fsp3) is 0.500. The van der Waals surface area contributed by atoms with E-state index < -0.39 is 11.9 Å². The van der Waals surface area contributed by atoms with Crippen LogP contribution in [0.2, 0.25) is 0 Å². The molecule has 5 heteroatoms. The first-order valence-electron chi connectivity index (χ1n) is 6.51. The summed E-state index contributed by atoms with van der Waals surface area (Å²) in [4.78, 5) is 11.8. The molecule has 1 aliphatic rings. The number of rotatable bonds is 6. The van der Waals surface area contributed by atoms with Crippen LogP contribution in [0.1, 0.15) is 25.3 Å². The Morgan fingerprint density at radius 2 is 2.26 bits per heavy atom. The van der Waals surface area contributed by atoms with Crippen LogP contribution in [0.3, 0.4) is 0 Å². The maximum atomic E-state index is 13.8. The number of halogens is 1. The molecule has 1 aromatic rings. The average Bonchev–Trinajstić information content (AvgIpc) is 3.17. The molecule has 1 unspecified atom stereocenters. The molecule has 1 atom stereocenters. The van der Waals surface area contributed by atoms with Gasteiger partial charge in [-0.2, -0.15) is 0 Å². The minimum atomic E-state index is -0.701. The van der Waals surface area contributed by atoms with Gasteiger partial charge in [0.25, 0.3) is 5.91 Å². The molecule has 1 saturated carbocycles. The Hall–Kier alpha value is -1.62. The van der Waals surface area contributed by atoms with Crippen LogP contribution in [0.15, 0.2) is 18.2 Å². The van der Waals surface area contributed by atoms with Crippen LogP contribution in [0.25, 0.3) is 0 Å². The molecule has 1 aromatic carbocycles. The Labute approximate surface area is 112 Å². The summed E-state index contributed by atoms with van der Waals surface area (Å²) in [6.07, 6.45) is 1.33. The van der Waals surface area contributed by atoms with Gasteiger partial charge >= 0.3 is 0 Å². The summed E-state index contributed by atoms with van der Waals surface area (Å²) in [6.45, 7) is 2.12. The molecule has 0 bridgehead atoms. The van der Waals surface area contributed by atoms with Gasteiger partial charge in [-0.15, -0.1) is 0 Å². The van der Waals surface area contributed by atoms with Crippen molar-refractivity contribution < 1.29 is 13.9 Å². The van der Waals surface area contributed by atoms with Crippen molar-refractivity contribution in [2.24, 2.45) is 0 Å². The number of benzene rings is 1. The molecule has 0 radical (unpaired) electrons. The highest BCUT2D eigenvalue weighted by molar-refractivity contribution is 5.81. The van der Waals surface area contributed by atoms with Crippen LogP contribution in [0.4, 0.5) is 4.39 Å². The topological polar surface area (TPSA) is 50.4 Å².